The van der Waals surface area contributed by atoms with Crippen LogP contribution in [0.5, 0.6) is 0 Å². The first-order valence-electron chi connectivity index (χ1n) is 3.55. The van der Waals surface area contributed by atoms with Crippen molar-refractivity contribution in [2.45, 2.75) is 6.42 Å². The van der Waals surface area contributed by atoms with Crippen molar-refractivity contribution in [1.82, 2.24) is 14.4 Å². The lowest BCUT2D eigenvalue weighted by molar-refractivity contribution is 1.05. The van der Waals surface area contributed by atoms with Crippen LogP contribution in [-0.2, 0) is 6.42 Å². The summed E-state index contributed by atoms with van der Waals surface area (Å²) >= 11 is 0. The summed E-state index contributed by atoms with van der Waals surface area (Å²) in [5, 5.41) is 8.44. The van der Waals surface area contributed by atoms with Gasteiger partial charge in [0.2, 0.25) is 5.78 Å². The van der Waals surface area contributed by atoms with Crippen molar-refractivity contribution >= 4 is 5.78 Å². The van der Waals surface area contributed by atoms with Gasteiger partial charge in [0.25, 0.3) is 0 Å². The second-order valence-corrected chi connectivity index (χ2v) is 2.43. The van der Waals surface area contributed by atoms with Crippen molar-refractivity contribution in [1.29, 1.82) is 5.26 Å². The molecule has 2 rings (SSSR count). The summed E-state index contributed by atoms with van der Waals surface area (Å²) in [4.78, 5) is 8.05. The van der Waals surface area contributed by atoms with Gasteiger partial charge in [-0.3, -0.25) is 4.40 Å². The molecule has 58 valence electrons. The molecule has 0 aliphatic rings. The second-order valence-electron chi connectivity index (χ2n) is 2.43. The number of hydrogen-bond donors (Lipinski definition) is 0. The van der Waals surface area contributed by atoms with E-state index < -0.39 is 0 Å². The molecule has 0 N–H and O–H groups in total. The highest BCUT2D eigenvalue weighted by molar-refractivity contribution is 5.29. The molecule has 4 heteroatoms. The van der Waals surface area contributed by atoms with E-state index in [-0.39, 0.29) is 0 Å². The van der Waals surface area contributed by atoms with Gasteiger partial charge < -0.3 is 0 Å². The van der Waals surface area contributed by atoms with Crippen LogP contribution < -0.4 is 0 Å². The van der Waals surface area contributed by atoms with Gasteiger partial charge in [-0.15, -0.1) is 0 Å². The Labute approximate surface area is 69.1 Å². The topological polar surface area (TPSA) is 54.0 Å². The zero-order valence-electron chi connectivity index (χ0n) is 6.31. The second kappa shape index (κ2) is 2.62. The average molecular weight is 158 g/mol. The van der Waals surface area contributed by atoms with Gasteiger partial charge in [-0.2, -0.15) is 5.26 Å². The molecule has 0 saturated heterocycles. The van der Waals surface area contributed by atoms with Gasteiger partial charge in [0, 0.05) is 30.4 Å². The number of rotatable bonds is 1. The van der Waals surface area contributed by atoms with E-state index in [1.165, 1.54) is 0 Å². The van der Waals surface area contributed by atoms with Gasteiger partial charge in [0.1, 0.15) is 0 Å². The molecule has 0 aromatic carbocycles. The van der Waals surface area contributed by atoms with E-state index >= 15 is 0 Å². The maximum absolute atomic E-state index is 8.44. The largest absolute Gasteiger partial charge is 0.291 e. The van der Waals surface area contributed by atoms with Gasteiger partial charge in [0.05, 0.1) is 12.5 Å². The Balaban J connectivity index is 2.54. The quantitative estimate of drug-likeness (QED) is 0.616. The maximum atomic E-state index is 8.44. The molecule has 0 radical (unpaired) electrons. The summed E-state index contributed by atoms with van der Waals surface area (Å²) in [6.45, 7) is 0. The Morgan fingerprint density at radius 1 is 1.50 bits per heavy atom. The first kappa shape index (κ1) is 6.80. The number of nitriles is 1. The van der Waals surface area contributed by atoms with Crippen LogP contribution in [0.2, 0.25) is 0 Å². The molecule has 12 heavy (non-hydrogen) atoms. The molecule has 2 aromatic rings. The number of imidazole rings is 1. The minimum atomic E-state index is 0.390. The molecule has 0 bridgehead atoms. The first-order chi connectivity index (χ1) is 5.90. The van der Waals surface area contributed by atoms with E-state index in [2.05, 4.69) is 16.0 Å². The predicted molar refractivity (Wildman–Crippen MR) is 42.3 cm³/mol. The van der Waals surface area contributed by atoms with Crippen LogP contribution in [0.15, 0.2) is 24.8 Å². The third-order valence-corrected chi connectivity index (χ3v) is 1.58. The number of fused-ring (bicyclic) bond motifs is 1. The van der Waals surface area contributed by atoms with Crippen LogP contribution in [0, 0.1) is 11.3 Å². The molecule has 0 saturated carbocycles. The Hall–Kier alpha value is -1.89. The lowest BCUT2D eigenvalue weighted by Gasteiger charge is -1.94. The van der Waals surface area contributed by atoms with Crippen molar-refractivity contribution in [3.05, 3.63) is 30.4 Å². The van der Waals surface area contributed by atoms with Crippen molar-refractivity contribution < 1.29 is 0 Å². The molecule has 0 amide bonds. The van der Waals surface area contributed by atoms with Gasteiger partial charge in [0.15, 0.2) is 0 Å². The van der Waals surface area contributed by atoms with Crippen molar-refractivity contribution in [2.24, 2.45) is 0 Å². The summed E-state index contributed by atoms with van der Waals surface area (Å²) in [6.07, 6.45) is 7.41. The standard InChI is InChI=1S/C8H6N4/c9-2-1-7-5-11-8-10-3-4-12(8)6-7/h3-6H,1H2. The fourth-order valence-corrected chi connectivity index (χ4v) is 1.04. The molecular weight excluding hydrogens is 152 g/mol. The van der Waals surface area contributed by atoms with Crippen molar-refractivity contribution in [3.63, 3.8) is 0 Å². The van der Waals surface area contributed by atoms with Crippen molar-refractivity contribution in [3.8, 4) is 6.07 Å². The van der Waals surface area contributed by atoms with Gasteiger partial charge in [-0.25, -0.2) is 9.97 Å². The van der Waals surface area contributed by atoms with Crippen LogP contribution in [0.3, 0.4) is 0 Å². The van der Waals surface area contributed by atoms with Gasteiger partial charge in [-0.1, -0.05) is 0 Å². The Bertz CT molecular complexity index is 437. The highest BCUT2D eigenvalue weighted by Gasteiger charge is 1.96. The number of aromatic nitrogens is 3. The predicted octanol–water partition coefficient (Wildman–Crippen LogP) is 0.795. The average Bonchev–Trinajstić information content (AvgIpc) is 2.51. The zero-order valence-corrected chi connectivity index (χ0v) is 6.31. The number of nitrogens with zero attached hydrogens (tertiary/aromatic N) is 4. The highest BCUT2D eigenvalue weighted by Crippen LogP contribution is 2.00. The van der Waals surface area contributed by atoms with E-state index in [9.17, 15) is 0 Å². The smallest absolute Gasteiger partial charge is 0.233 e. The molecule has 2 aromatic heterocycles. The molecule has 0 unspecified atom stereocenters. The summed E-state index contributed by atoms with van der Waals surface area (Å²) in [6, 6.07) is 2.07. The summed E-state index contributed by atoms with van der Waals surface area (Å²) in [7, 11) is 0. The summed E-state index contributed by atoms with van der Waals surface area (Å²) in [5.41, 5.74) is 0.906. The molecular formula is C8H6N4. The minimum absolute atomic E-state index is 0.390. The molecule has 0 spiro atoms. The summed E-state index contributed by atoms with van der Waals surface area (Å²) < 4.78 is 1.80. The lowest BCUT2D eigenvalue weighted by atomic mass is 10.3. The van der Waals surface area contributed by atoms with E-state index in [1.807, 2.05) is 12.4 Å². The molecule has 4 nitrogen and oxygen atoms in total. The molecule has 0 aliphatic carbocycles. The van der Waals surface area contributed by atoms with Crippen LogP contribution >= 0.6 is 0 Å². The van der Waals surface area contributed by atoms with Crippen LogP contribution in [0.4, 0.5) is 0 Å². The summed E-state index contributed by atoms with van der Waals surface area (Å²) in [5.74, 6) is 0.664. The molecule has 0 aliphatic heterocycles. The Kier molecular flexibility index (Phi) is 1.49. The molecule has 0 atom stereocenters. The SMILES string of the molecule is N#CCc1cnc2nccn2c1. The lowest BCUT2D eigenvalue weighted by Crippen LogP contribution is -1.91. The number of hydrogen-bond acceptors (Lipinski definition) is 3. The normalized spacial score (nSPS) is 9.92. The van der Waals surface area contributed by atoms with Crippen molar-refractivity contribution in [2.75, 3.05) is 0 Å². The Morgan fingerprint density at radius 3 is 3.25 bits per heavy atom. The molecule has 2 heterocycles. The van der Waals surface area contributed by atoms with E-state index in [0.29, 0.717) is 12.2 Å². The highest BCUT2D eigenvalue weighted by atomic mass is 15.1. The third-order valence-electron chi connectivity index (χ3n) is 1.58. The van der Waals surface area contributed by atoms with Crippen LogP contribution in [-0.4, -0.2) is 14.4 Å². The van der Waals surface area contributed by atoms with Gasteiger partial charge in [-0.05, 0) is 0 Å². The minimum Gasteiger partial charge on any atom is -0.291 e. The first-order valence-corrected chi connectivity index (χ1v) is 3.55. The molecule has 0 fully saturated rings. The van der Waals surface area contributed by atoms with E-state index in [0.717, 1.165) is 5.56 Å². The van der Waals surface area contributed by atoms with Crippen LogP contribution in [0.25, 0.3) is 5.78 Å². The van der Waals surface area contributed by atoms with E-state index in [4.69, 9.17) is 5.26 Å². The third kappa shape index (κ3) is 1.01. The Morgan fingerprint density at radius 2 is 2.42 bits per heavy atom. The fourth-order valence-electron chi connectivity index (χ4n) is 1.04. The van der Waals surface area contributed by atoms with Gasteiger partial charge >= 0.3 is 0 Å². The maximum Gasteiger partial charge on any atom is 0.233 e. The monoisotopic (exact) mass is 158 g/mol. The van der Waals surface area contributed by atoms with Crippen LogP contribution in [0.1, 0.15) is 5.56 Å². The zero-order chi connectivity index (χ0) is 8.39. The van der Waals surface area contributed by atoms with E-state index in [1.54, 1.807) is 16.8 Å². The fraction of sp³-hybridized carbons (Fsp3) is 0.125.